The normalized spacial score (nSPS) is 10.9. The first-order chi connectivity index (χ1) is 11.7. The lowest BCUT2D eigenvalue weighted by Gasteiger charge is -2.00. The van der Waals surface area contributed by atoms with Crippen LogP contribution in [0.4, 0.5) is 14.7 Å². The summed E-state index contributed by atoms with van der Waals surface area (Å²) in [6.07, 6.45) is 0. The molecule has 2 heterocycles. The van der Waals surface area contributed by atoms with Gasteiger partial charge in [0.1, 0.15) is 22.1 Å². The predicted octanol–water partition coefficient (Wildman–Crippen LogP) is 4.71. The number of nitrogens with one attached hydrogen (secondary N) is 1. The number of ether oxygens (including phenoxy) is 1. The van der Waals surface area contributed by atoms with Crippen LogP contribution in [0, 0.1) is 5.82 Å². The highest BCUT2D eigenvalue weighted by atomic mass is 32.1. The first-order valence-electron chi connectivity index (χ1n) is 7.03. The van der Waals surface area contributed by atoms with E-state index in [9.17, 15) is 4.39 Å². The molecule has 0 aliphatic carbocycles. The van der Waals surface area contributed by atoms with Crippen molar-refractivity contribution in [2.45, 2.75) is 0 Å². The fourth-order valence-corrected chi connectivity index (χ4v) is 3.89. The summed E-state index contributed by atoms with van der Waals surface area (Å²) in [7, 11) is 1.62. The summed E-state index contributed by atoms with van der Waals surface area (Å²) in [5.74, 6) is 0.435. The van der Waals surface area contributed by atoms with Gasteiger partial charge in [-0.3, -0.25) is 0 Å². The minimum Gasteiger partial charge on any atom is -0.497 e. The van der Waals surface area contributed by atoms with E-state index in [0.717, 1.165) is 21.0 Å². The standard InChI is InChI=1S/C16H11FN4OS2/c1-22-10-5-2-4-9(8-10)14-20-21-16(24-14)19-15-18-13-11(17)6-3-7-12(13)23-15/h2-8H,1H3,(H,18,19,21). The largest absolute Gasteiger partial charge is 0.497 e. The number of fused-ring (bicyclic) bond motifs is 1. The Morgan fingerprint density at radius 2 is 1.92 bits per heavy atom. The second-order valence-electron chi connectivity index (χ2n) is 4.87. The third-order valence-electron chi connectivity index (χ3n) is 3.33. The summed E-state index contributed by atoms with van der Waals surface area (Å²) in [5.41, 5.74) is 1.29. The zero-order chi connectivity index (χ0) is 16.5. The summed E-state index contributed by atoms with van der Waals surface area (Å²) in [6.45, 7) is 0. The smallest absolute Gasteiger partial charge is 0.212 e. The number of benzene rings is 2. The van der Waals surface area contributed by atoms with Gasteiger partial charge in [0.25, 0.3) is 0 Å². The van der Waals surface area contributed by atoms with Crippen LogP contribution in [0.2, 0.25) is 0 Å². The molecule has 0 aliphatic rings. The van der Waals surface area contributed by atoms with Gasteiger partial charge >= 0.3 is 0 Å². The van der Waals surface area contributed by atoms with Crippen molar-refractivity contribution in [2.75, 3.05) is 12.4 Å². The lowest BCUT2D eigenvalue weighted by Crippen LogP contribution is -1.88. The van der Waals surface area contributed by atoms with Crippen LogP contribution in [-0.2, 0) is 0 Å². The Morgan fingerprint density at radius 3 is 2.75 bits per heavy atom. The first-order valence-corrected chi connectivity index (χ1v) is 8.66. The summed E-state index contributed by atoms with van der Waals surface area (Å²) in [6, 6.07) is 12.5. The summed E-state index contributed by atoms with van der Waals surface area (Å²) >= 11 is 2.77. The van der Waals surface area contributed by atoms with E-state index >= 15 is 0 Å². The molecule has 1 N–H and O–H groups in total. The quantitative estimate of drug-likeness (QED) is 0.573. The minimum absolute atomic E-state index is 0.328. The van der Waals surface area contributed by atoms with Crippen LogP contribution >= 0.6 is 22.7 Å². The lowest BCUT2D eigenvalue weighted by atomic mass is 10.2. The number of para-hydroxylation sites is 1. The van der Waals surface area contributed by atoms with Gasteiger partial charge in [-0.25, -0.2) is 9.37 Å². The fraction of sp³-hybridized carbons (Fsp3) is 0.0625. The maximum Gasteiger partial charge on any atom is 0.212 e. The van der Waals surface area contributed by atoms with E-state index < -0.39 is 0 Å². The van der Waals surface area contributed by atoms with Crippen LogP contribution in [-0.4, -0.2) is 22.3 Å². The lowest BCUT2D eigenvalue weighted by molar-refractivity contribution is 0.415. The number of aromatic nitrogens is 3. The number of hydrogen-bond acceptors (Lipinski definition) is 7. The molecule has 0 bridgehead atoms. The van der Waals surface area contributed by atoms with Crippen LogP contribution in [0.3, 0.4) is 0 Å². The molecule has 2 aromatic heterocycles. The van der Waals surface area contributed by atoms with Gasteiger partial charge in [0.05, 0.1) is 11.8 Å². The number of anilines is 2. The Morgan fingerprint density at radius 1 is 1.04 bits per heavy atom. The van der Waals surface area contributed by atoms with Gasteiger partial charge in [-0.15, -0.1) is 10.2 Å². The van der Waals surface area contributed by atoms with Crippen LogP contribution < -0.4 is 10.1 Å². The molecule has 0 spiro atoms. The van der Waals surface area contributed by atoms with Gasteiger partial charge in [-0.05, 0) is 24.3 Å². The van der Waals surface area contributed by atoms with Crippen LogP contribution in [0.1, 0.15) is 0 Å². The summed E-state index contributed by atoms with van der Waals surface area (Å²) in [4.78, 5) is 4.27. The van der Waals surface area contributed by atoms with Crippen molar-refractivity contribution in [2.24, 2.45) is 0 Å². The molecule has 0 unspecified atom stereocenters. The van der Waals surface area contributed by atoms with E-state index in [0.29, 0.717) is 15.8 Å². The Labute approximate surface area is 144 Å². The molecule has 2 aromatic carbocycles. The van der Waals surface area contributed by atoms with Crippen LogP contribution in [0.25, 0.3) is 20.8 Å². The highest BCUT2D eigenvalue weighted by Crippen LogP contribution is 2.33. The molecule has 0 fully saturated rings. The Bertz CT molecular complexity index is 1010. The number of halogens is 1. The van der Waals surface area contributed by atoms with E-state index in [4.69, 9.17) is 4.74 Å². The van der Waals surface area contributed by atoms with E-state index in [1.54, 1.807) is 13.2 Å². The molecule has 8 heteroatoms. The Hall–Kier alpha value is -2.58. The van der Waals surface area contributed by atoms with Crippen molar-refractivity contribution in [3.05, 3.63) is 48.3 Å². The van der Waals surface area contributed by atoms with Gasteiger partial charge in [0.15, 0.2) is 5.13 Å². The van der Waals surface area contributed by atoms with Crippen molar-refractivity contribution < 1.29 is 9.13 Å². The average Bonchev–Trinajstić information content (AvgIpc) is 3.23. The zero-order valence-corrected chi connectivity index (χ0v) is 14.1. The van der Waals surface area contributed by atoms with E-state index in [2.05, 4.69) is 20.5 Å². The number of rotatable bonds is 4. The molecule has 0 aliphatic heterocycles. The third kappa shape index (κ3) is 2.81. The highest BCUT2D eigenvalue weighted by Gasteiger charge is 2.11. The Balaban J connectivity index is 1.61. The molecule has 24 heavy (non-hydrogen) atoms. The molecular weight excluding hydrogens is 347 g/mol. The predicted molar refractivity (Wildman–Crippen MR) is 94.8 cm³/mol. The Kier molecular flexibility index (Phi) is 3.83. The summed E-state index contributed by atoms with van der Waals surface area (Å²) in [5, 5.41) is 13.4. The van der Waals surface area contributed by atoms with Gasteiger partial charge < -0.3 is 10.1 Å². The topological polar surface area (TPSA) is 59.9 Å². The second-order valence-corrected chi connectivity index (χ2v) is 6.88. The van der Waals surface area contributed by atoms with E-state index in [-0.39, 0.29) is 5.82 Å². The summed E-state index contributed by atoms with van der Waals surface area (Å²) < 4.78 is 19.7. The average molecular weight is 358 g/mol. The second kappa shape index (κ2) is 6.14. The molecule has 120 valence electrons. The van der Waals surface area contributed by atoms with Crippen LogP contribution in [0.5, 0.6) is 5.75 Å². The SMILES string of the molecule is COc1cccc(-c2nnc(Nc3nc4c(F)cccc4s3)s2)c1. The van der Waals surface area contributed by atoms with Gasteiger partial charge in [0, 0.05) is 5.56 Å². The monoisotopic (exact) mass is 358 g/mol. The first kappa shape index (κ1) is 15.0. The van der Waals surface area contributed by atoms with E-state index in [1.165, 1.54) is 28.7 Å². The molecule has 0 saturated carbocycles. The molecule has 0 atom stereocenters. The van der Waals surface area contributed by atoms with Crippen LogP contribution in [0.15, 0.2) is 42.5 Å². The van der Waals surface area contributed by atoms with Crippen molar-refractivity contribution in [3.63, 3.8) is 0 Å². The van der Waals surface area contributed by atoms with Crippen molar-refractivity contribution in [1.82, 2.24) is 15.2 Å². The molecule has 5 nitrogen and oxygen atoms in total. The minimum atomic E-state index is -0.328. The molecule has 4 aromatic rings. The number of nitrogens with zero attached hydrogens (tertiary/aromatic N) is 3. The van der Waals surface area contributed by atoms with Gasteiger partial charge in [-0.1, -0.05) is 40.9 Å². The highest BCUT2D eigenvalue weighted by molar-refractivity contribution is 7.23. The molecule has 4 rings (SSSR count). The fourth-order valence-electron chi connectivity index (χ4n) is 2.21. The molecule has 0 saturated heterocycles. The molecule has 0 amide bonds. The maximum atomic E-state index is 13.7. The number of thiazole rings is 1. The maximum absolute atomic E-state index is 13.7. The molecular formula is C16H11FN4OS2. The zero-order valence-electron chi connectivity index (χ0n) is 12.5. The third-order valence-corrected chi connectivity index (χ3v) is 5.15. The number of hydrogen-bond donors (Lipinski definition) is 1. The number of methoxy groups -OCH3 is 1. The van der Waals surface area contributed by atoms with Crippen molar-refractivity contribution in [3.8, 4) is 16.3 Å². The van der Waals surface area contributed by atoms with Gasteiger partial charge in [0.2, 0.25) is 5.13 Å². The van der Waals surface area contributed by atoms with Crippen molar-refractivity contribution in [1.29, 1.82) is 0 Å². The van der Waals surface area contributed by atoms with E-state index in [1.807, 2.05) is 30.3 Å². The molecule has 0 radical (unpaired) electrons. The van der Waals surface area contributed by atoms with Gasteiger partial charge in [-0.2, -0.15) is 0 Å². The van der Waals surface area contributed by atoms with Crippen molar-refractivity contribution >= 4 is 43.2 Å².